The lowest BCUT2D eigenvalue weighted by molar-refractivity contribution is -0.143. The quantitative estimate of drug-likeness (QED) is 0.0179. The molecule has 580 valence electrons. The van der Waals surface area contributed by atoms with Crippen molar-refractivity contribution in [3.05, 3.63) is 179 Å². The van der Waals surface area contributed by atoms with Gasteiger partial charge >= 0.3 is 17.9 Å². The highest BCUT2D eigenvalue weighted by atomic mass is 16.4. The fraction of sp³-hybridized carbons (Fsp3) is 0.535. The molecule has 5 aromatic rings. The van der Waals surface area contributed by atoms with Crippen LogP contribution >= 0.6 is 0 Å². The van der Waals surface area contributed by atoms with Crippen molar-refractivity contribution in [2.24, 2.45) is 76.9 Å². The number of carboxylic acid groups (broad SMARTS) is 3. The van der Waals surface area contributed by atoms with Crippen LogP contribution in [0.15, 0.2) is 152 Å². The molecule has 5 unspecified atom stereocenters. The minimum atomic E-state index is -1.08. The number of carboxylic acids is 3. The van der Waals surface area contributed by atoms with Gasteiger partial charge in [-0.1, -0.05) is 262 Å². The maximum absolute atomic E-state index is 12.8. The molecule has 10 atom stereocenters. The lowest BCUT2D eigenvalue weighted by atomic mass is 9.86. The van der Waals surface area contributed by atoms with Gasteiger partial charge in [0.15, 0.2) is 11.6 Å². The zero-order valence-corrected chi connectivity index (χ0v) is 66.1. The van der Waals surface area contributed by atoms with E-state index in [0.29, 0.717) is 49.9 Å². The molecule has 19 nitrogen and oxygen atoms in total. The summed E-state index contributed by atoms with van der Waals surface area (Å²) in [6.45, 7) is 36.5. The molecule has 19 heteroatoms. The van der Waals surface area contributed by atoms with E-state index >= 15 is 0 Å². The van der Waals surface area contributed by atoms with Crippen molar-refractivity contribution in [2.45, 2.75) is 213 Å². The number of nitrogens with one attached hydrogen (secondary N) is 5. The number of hydrogen-bond donors (Lipinski definition) is 9. The Morgan fingerprint density at radius 2 is 0.505 bits per heavy atom. The van der Waals surface area contributed by atoms with Gasteiger partial charge in [-0.25, -0.2) is 9.59 Å². The summed E-state index contributed by atoms with van der Waals surface area (Å²) in [6.07, 6.45) is 4.68. The van der Waals surface area contributed by atoms with Gasteiger partial charge in [0.25, 0.3) is 0 Å². The number of benzene rings is 5. The van der Waals surface area contributed by atoms with Crippen LogP contribution in [0.25, 0.3) is 0 Å². The van der Waals surface area contributed by atoms with Gasteiger partial charge in [0.05, 0.1) is 24.6 Å². The molecule has 0 bridgehead atoms. The molecule has 5 rings (SSSR count). The fourth-order valence-corrected chi connectivity index (χ4v) is 11.5. The Kier molecular flexibility index (Phi) is 45.4. The van der Waals surface area contributed by atoms with Crippen LogP contribution in [0, 0.1) is 76.9 Å². The molecule has 0 radical (unpaired) electrons. The molecule has 0 fully saturated rings. The average Bonchev–Trinajstić information content (AvgIpc) is 0.831. The summed E-state index contributed by atoms with van der Waals surface area (Å²) in [4.78, 5) is 119. The number of hydrogen-bond acceptors (Lipinski definition) is 11. The lowest BCUT2D eigenvalue weighted by Gasteiger charge is -2.24. The first-order valence-corrected chi connectivity index (χ1v) is 37.3. The topological polar surface area (TPSA) is 312 Å². The highest BCUT2D eigenvalue weighted by Gasteiger charge is 2.32. The minimum absolute atomic E-state index is 0.0142. The number of aliphatic hydroxyl groups is 1. The Morgan fingerprint density at radius 3 is 0.743 bits per heavy atom. The smallest absolute Gasteiger partial charge is 0.326 e. The predicted octanol–water partition coefficient (Wildman–Crippen LogP) is 13.5. The molecule has 5 amide bonds. The van der Waals surface area contributed by atoms with Gasteiger partial charge in [0.1, 0.15) is 18.1 Å². The standard InChI is InChI=1S/C22H27NO2.C19H29NO2.C18H27NO3.C15H21NO4.C12H23NO3/c1-16(2)20(14-18-10-6-4-7-11-18)22(25)23-21(17(3)24)15-19-12-8-5-9-13-19;1-13(2)11-18(15(5)21)20-19(22)17(14(3)4)12-16-9-7-6-8-10-16;1-12(2)10-15(13(3)4)17(20)19-16(18(21)22)11-14-8-6-5-7-9-14;1-10(2)12(9-17)14(18)16-13(15(19)20)8-11-6-4-3-5-7-11;1-7(2)6-10(8(3)4)11(14)13-9(5)12(15)16/h4-13,16,20-21H,14-15H2,1-3H3,(H,23,25);6-10,13-14,17-18H,11-12H2,1-5H3,(H,20,22);5-9,12-13,15-16H,10-11H2,1-4H3,(H,19,20)(H,21,22);3-7,10,12-13,17H,8-9H2,1-2H3,(H,16,18)(H,19,20);7-10H,6H2,1-5H3,(H,13,14)(H,15,16)/t20?,21-;17?,18-;15?,16-;12?,13-;9-,10?/m00000/s1. The van der Waals surface area contributed by atoms with E-state index in [1.807, 2.05) is 207 Å². The largest absolute Gasteiger partial charge is 0.480 e. The highest BCUT2D eigenvalue weighted by Crippen LogP contribution is 2.24. The Morgan fingerprint density at radius 1 is 0.276 bits per heavy atom. The molecule has 9 N–H and O–H groups in total. The van der Waals surface area contributed by atoms with Gasteiger partial charge in [0.2, 0.25) is 29.5 Å². The first kappa shape index (κ1) is 94.2. The fourth-order valence-electron chi connectivity index (χ4n) is 11.5. The van der Waals surface area contributed by atoms with E-state index in [9.17, 15) is 63.3 Å². The van der Waals surface area contributed by atoms with Crippen molar-refractivity contribution in [1.29, 1.82) is 0 Å². The van der Waals surface area contributed by atoms with Crippen molar-refractivity contribution in [3.63, 3.8) is 0 Å². The van der Waals surface area contributed by atoms with E-state index in [1.54, 1.807) is 6.92 Å². The number of carbonyl (C=O) groups excluding carboxylic acids is 7. The minimum Gasteiger partial charge on any atom is -0.480 e. The van der Waals surface area contributed by atoms with Gasteiger partial charge in [0, 0.05) is 36.5 Å². The van der Waals surface area contributed by atoms with E-state index in [4.69, 9.17) is 5.11 Å². The van der Waals surface area contributed by atoms with E-state index < -0.39 is 53.9 Å². The van der Waals surface area contributed by atoms with Crippen LogP contribution in [0.4, 0.5) is 0 Å². The zero-order chi connectivity index (χ0) is 79.6. The van der Waals surface area contributed by atoms with Crippen LogP contribution in [-0.4, -0.2) is 116 Å². The third-order valence-corrected chi connectivity index (χ3v) is 18.1. The van der Waals surface area contributed by atoms with Crippen LogP contribution in [0.2, 0.25) is 0 Å². The first-order valence-electron chi connectivity index (χ1n) is 37.3. The molecular weight excluding hydrogens is 1330 g/mol. The van der Waals surface area contributed by atoms with Crippen LogP contribution in [0.1, 0.15) is 179 Å². The van der Waals surface area contributed by atoms with Crippen LogP contribution < -0.4 is 26.6 Å². The van der Waals surface area contributed by atoms with E-state index in [1.165, 1.54) is 13.8 Å². The second-order valence-electron chi connectivity index (χ2n) is 30.5. The molecule has 0 aromatic heterocycles. The van der Waals surface area contributed by atoms with E-state index in [2.05, 4.69) is 82.0 Å². The molecule has 0 spiro atoms. The van der Waals surface area contributed by atoms with Gasteiger partial charge in [-0.05, 0) is 134 Å². The number of amides is 5. The molecule has 0 saturated heterocycles. The Balaban J connectivity index is 0.000000661. The third kappa shape index (κ3) is 39.2. The van der Waals surface area contributed by atoms with Crippen molar-refractivity contribution < 1.29 is 68.4 Å². The number of carbonyl (C=O) groups is 10. The van der Waals surface area contributed by atoms with Gasteiger partial charge in [-0.2, -0.15) is 0 Å². The molecule has 0 saturated carbocycles. The van der Waals surface area contributed by atoms with Crippen molar-refractivity contribution in [3.8, 4) is 0 Å². The van der Waals surface area contributed by atoms with Gasteiger partial charge < -0.3 is 47.0 Å². The Bertz CT molecular complexity index is 3340. The number of aliphatic carboxylic acids is 3. The second-order valence-corrected chi connectivity index (χ2v) is 30.5. The number of aliphatic hydroxyl groups excluding tert-OH is 1. The molecule has 5 aromatic carbocycles. The summed E-state index contributed by atoms with van der Waals surface area (Å²) in [6, 6.07) is 44.8. The summed E-state index contributed by atoms with van der Waals surface area (Å²) in [5.41, 5.74) is 5.08. The van der Waals surface area contributed by atoms with E-state index in [-0.39, 0.29) is 108 Å². The van der Waals surface area contributed by atoms with Crippen LogP contribution in [0.3, 0.4) is 0 Å². The van der Waals surface area contributed by atoms with Gasteiger partial charge in [-0.15, -0.1) is 0 Å². The molecule has 0 aliphatic heterocycles. The molecular formula is C86H127N5O14. The van der Waals surface area contributed by atoms with Crippen molar-refractivity contribution in [1.82, 2.24) is 26.6 Å². The third-order valence-electron chi connectivity index (χ3n) is 18.1. The lowest BCUT2D eigenvalue weighted by Crippen LogP contribution is -2.46. The highest BCUT2D eigenvalue weighted by molar-refractivity contribution is 5.90. The average molecular weight is 1450 g/mol. The monoisotopic (exact) mass is 1450 g/mol. The maximum atomic E-state index is 12.8. The summed E-state index contributed by atoms with van der Waals surface area (Å²) < 4.78 is 0. The molecule has 0 aliphatic rings. The first-order chi connectivity index (χ1) is 49.3. The number of Topliss-reactive ketones (excluding diaryl/α,β-unsaturated/α-hetero) is 2. The van der Waals surface area contributed by atoms with Crippen LogP contribution in [0.5, 0.6) is 0 Å². The molecule has 0 heterocycles. The van der Waals surface area contributed by atoms with Crippen molar-refractivity contribution in [2.75, 3.05) is 6.61 Å². The molecule has 0 aliphatic carbocycles. The number of rotatable bonds is 37. The zero-order valence-electron chi connectivity index (χ0n) is 66.1. The maximum Gasteiger partial charge on any atom is 0.326 e. The van der Waals surface area contributed by atoms with Gasteiger partial charge in [-0.3, -0.25) is 38.4 Å². The number of ketones is 2. The summed E-state index contributed by atoms with van der Waals surface area (Å²) >= 11 is 0. The van der Waals surface area contributed by atoms with E-state index in [0.717, 1.165) is 40.7 Å². The Labute approximate surface area is 627 Å². The predicted molar refractivity (Wildman–Crippen MR) is 417 cm³/mol. The SMILES string of the molecule is CC(=O)[C@H](CC(C)C)NC(=O)C(Cc1ccccc1)C(C)C.CC(=O)[C@H](Cc1ccccc1)NC(=O)C(Cc1ccccc1)C(C)C.CC(C)C(CO)C(=O)N[C@@H](Cc1ccccc1)C(=O)O.CC(C)CC(C(=O)N[C@@H](C)C(=O)O)C(C)C.CC(C)CC(C(=O)N[C@@H](Cc1ccccc1)C(=O)O)C(C)C. The van der Waals surface area contributed by atoms with Crippen molar-refractivity contribution >= 4 is 59.0 Å². The van der Waals surface area contributed by atoms with Crippen LogP contribution in [-0.2, 0) is 80.0 Å². The normalized spacial score (nSPS) is 13.9. The summed E-state index contributed by atoms with van der Waals surface area (Å²) in [7, 11) is 0. The summed E-state index contributed by atoms with van der Waals surface area (Å²) in [5, 5.41) is 50.2. The second kappa shape index (κ2) is 50.6. The molecule has 105 heavy (non-hydrogen) atoms. The summed E-state index contributed by atoms with van der Waals surface area (Å²) in [5.74, 6) is -2.99. The Hall–Kier alpha value is -8.84.